The highest BCUT2D eigenvalue weighted by Crippen LogP contribution is 2.49. The van der Waals surface area contributed by atoms with Gasteiger partial charge >= 0.3 is 0 Å². The smallest absolute Gasteiger partial charge is 0.217 e. The summed E-state index contributed by atoms with van der Waals surface area (Å²) in [7, 11) is 0. The molecule has 4 atom stereocenters. The number of carbonyl (C=O) groups is 1. The summed E-state index contributed by atoms with van der Waals surface area (Å²) in [5.74, 6) is 1.31. The highest BCUT2D eigenvalue weighted by Gasteiger charge is 2.53. The van der Waals surface area contributed by atoms with E-state index in [2.05, 4.69) is 33.0 Å². The lowest BCUT2D eigenvalue weighted by molar-refractivity contribution is -0.206. The van der Waals surface area contributed by atoms with Crippen molar-refractivity contribution >= 4 is 5.91 Å². The molecule has 3 nitrogen and oxygen atoms in total. The molecular formula is C19H35NO2. The van der Waals surface area contributed by atoms with Crippen LogP contribution in [0.25, 0.3) is 0 Å². The van der Waals surface area contributed by atoms with Crippen LogP contribution in [0.4, 0.5) is 0 Å². The predicted octanol–water partition coefficient (Wildman–Crippen LogP) is 4.45. The minimum absolute atomic E-state index is 0.0427. The maximum absolute atomic E-state index is 11.8. The molecule has 1 aliphatic carbocycles. The Labute approximate surface area is 136 Å². The van der Waals surface area contributed by atoms with Crippen LogP contribution in [0.1, 0.15) is 86.0 Å². The topological polar surface area (TPSA) is 38.3 Å². The van der Waals surface area contributed by atoms with Crippen molar-refractivity contribution in [3.8, 4) is 0 Å². The fourth-order valence-electron chi connectivity index (χ4n) is 5.22. The second kappa shape index (κ2) is 6.90. The number of carbonyl (C=O) groups excluding carboxylic acids is 1. The quantitative estimate of drug-likeness (QED) is 0.815. The average molecular weight is 309 g/mol. The zero-order valence-electron chi connectivity index (χ0n) is 15.2. The Balaban J connectivity index is 2.31. The fraction of sp³-hybridized carbons (Fsp3) is 0.947. The summed E-state index contributed by atoms with van der Waals surface area (Å²) in [5, 5.41) is 3.32. The fourth-order valence-corrected chi connectivity index (χ4v) is 5.22. The van der Waals surface area contributed by atoms with Gasteiger partial charge in [0.2, 0.25) is 5.91 Å². The van der Waals surface area contributed by atoms with Crippen LogP contribution in [0.3, 0.4) is 0 Å². The van der Waals surface area contributed by atoms with Crippen molar-refractivity contribution in [1.82, 2.24) is 5.32 Å². The minimum Gasteiger partial charge on any atom is -0.371 e. The van der Waals surface area contributed by atoms with E-state index in [9.17, 15) is 4.79 Å². The number of hydrogen-bond donors (Lipinski definition) is 1. The van der Waals surface area contributed by atoms with Gasteiger partial charge in [0.05, 0.1) is 11.7 Å². The van der Waals surface area contributed by atoms with E-state index in [0.29, 0.717) is 12.0 Å². The largest absolute Gasteiger partial charge is 0.371 e. The standard InChI is InChI=1S/C19H35NO2/c1-6-10-19(11-7-2)13-18(5,20-15(4)21)16-9-8-14(3)12-17(16)22-19/h14,16-17H,6-13H2,1-5H3,(H,20,21)/t14-,16-,17-,18+/m1/s1. The molecule has 1 saturated heterocycles. The van der Waals surface area contributed by atoms with Crippen LogP contribution < -0.4 is 5.32 Å². The Morgan fingerprint density at radius 1 is 1.23 bits per heavy atom. The van der Waals surface area contributed by atoms with E-state index < -0.39 is 0 Å². The molecular weight excluding hydrogens is 274 g/mol. The first-order chi connectivity index (χ1) is 10.3. The molecule has 1 saturated carbocycles. The van der Waals surface area contributed by atoms with Crippen LogP contribution in [0.15, 0.2) is 0 Å². The summed E-state index contributed by atoms with van der Waals surface area (Å²) in [5.41, 5.74) is -0.155. The third kappa shape index (κ3) is 3.67. The second-order valence-corrected chi connectivity index (χ2v) is 8.14. The van der Waals surface area contributed by atoms with E-state index in [1.807, 2.05) is 0 Å². The molecule has 1 N–H and O–H groups in total. The number of amides is 1. The molecule has 3 heteroatoms. The number of rotatable bonds is 5. The molecule has 1 aliphatic heterocycles. The maximum atomic E-state index is 11.8. The molecule has 2 fully saturated rings. The Morgan fingerprint density at radius 2 is 1.86 bits per heavy atom. The minimum atomic E-state index is -0.112. The van der Waals surface area contributed by atoms with Gasteiger partial charge < -0.3 is 10.1 Å². The number of ether oxygens (including phenoxy) is 1. The summed E-state index contributed by atoms with van der Waals surface area (Å²) in [6.07, 6.45) is 9.36. The number of fused-ring (bicyclic) bond motifs is 1. The van der Waals surface area contributed by atoms with Crippen LogP contribution in [0.2, 0.25) is 0 Å². The predicted molar refractivity (Wildman–Crippen MR) is 90.8 cm³/mol. The molecule has 128 valence electrons. The van der Waals surface area contributed by atoms with Gasteiger partial charge in [-0.25, -0.2) is 0 Å². The van der Waals surface area contributed by atoms with E-state index >= 15 is 0 Å². The van der Waals surface area contributed by atoms with Gasteiger partial charge in [0.1, 0.15) is 0 Å². The van der Waals surface area contributed by atoms with E-state index in [1.54, 1.807) is 6.92 Å². The zero-order chi connectivity index (χ0) is 16.4. The van der Waals surface area contributed by atoms with Gasteiger partial charge in [0.15, 0.2) is 0 Å². The van der Waals surface area contributed by atoms with Crippen LogP contribution in [0.5, 0.6) is 0 Å². The first-order valence-electron chi connectivity index (χ1n) is 9.30. The third-order valence-electron chi connectivity index (χ3n) is 5.84. The Kier molecular flexibility index (Phi) is 5.58. The third-order valence-corrected chi connectivity index (χ3v) is 5.84. The van der Waals surface area contributed by atoms with Crippen molar-refractivity contribution in [2.24, 2.45) is 11.8 Å². The van der Waals surface area contributed by atoms with Crippen LogP contribution >= 0.6 is 0 Å². The van der Waals surface area contributed by atoms with Gasteiger partial charge in [-0.05, 0) is 44.9 Å². The first kappa shape index (κ1) is 17.8. The van der Waals surface area contributed by atoms with Gasteiger partial charge in [-0.1, -0.05) is 40.0 Å². The molecule has 2 aliphatic rings. The van der Waals surface area contributed by atoms with Gasteiger partial charge in [-0.15, -0.1) is 0 Å². The van der Waals surface area contributed by atoms with Crippen LogP contribution in [-0.2, 0) is 9.53 Å². The molecule has 0 spiro atoms. The summed E-state index contributed by atoms with van der Waals surface area (Å²) in [4.78, 5) is 11.8. The Morgan fingerprint density at radius 3 is 2.41 bits per heavy atom. The van der Waals surface area contributed by atoms with Gasteiger partial charge in [0, 0.05) is 18.4 Å². The van der Waals surface area contributed by atoms with Gasteiger partial charge in [0.25, 0.3) is 0 Å². The molecule has 0 radical (unpaired) electrons. The summed E-state index contributed by atoms with van der Waals surface area (Å²) >= 11 is 0. The summed E-state index contributed by atoms with van der Waals surface area (Å²) < 4.78 is 6.75. The van der Waals surface area contributed by atoms with E-state index in [-0.39, 0.29) is 17.0 Å². The molecule has 0 unspecified atom stereocenters. The lowest BCUT2D eigenvalue weighted by atomic mass is 9.63. The highest BCUT2D eigenvalue weighted by molar-refractivity contribution is 5.73. The maximum Gasteiger partial charge on any atom is 0.217 e. The molecule has 0 aromatic rings. The van der Waals surface area contributed by atoms with E-state index in [1.165, 1.54) is 12.8 Å². The van der Waals surface area contributed by atoms with Crippen molar-refractivity contribution in [2.75, 3.05) is 0 Å². The lowest BCUT2D eigenvalue weighted by Crippen LogP contribution is -2.65. The van der Waals surface area contributed by atoms with Crippen LogP contribution in [0, 0.1) is 11.8 Å². The van der Waals surface area contributed by atoms with Crippen molar-refractivity contribution < 1.29 is 9.53 Å². The molecule has 0 aromatic carbocycles. The van der Waals surface area contributed by atoms with Gasteiger partial charge in [-0.2, -0.15) is 0 Å². The van der Waals surface area contributed by atoms with Gasteiger partial charge in [-0.3, -0.25) is 4.79 Å². The molecule has 2 rings (SSSR count). The summed E-state index contributed by atoms with van der Waals surface area (Å²) in [6, 6.07) is 0. The first-order valence-corrected chi connectivity index (χ1v) is 9.30. The van der Waals surface area contributed by atoms with Crippen molar-refractivity contribution in [2.45, 2.75) is 103 Å². The average Bonchev–Trinajstić information content (AvgIpc) is 2.36. The normalized spacial score (nSPS) is 37.4. The van der Waals surface area contributed by atoms with Crippen molar-refractivity contribution in [3.05, 3.63) is 0 Å². The molecule has 0 bridgehead atoms. The SMILES string of the molecule is CCCC1(CCC)C[C@](C)(NC(C)=O)[C@@H]2CC[C@@H](C)C[C@H]2O1. The van der Waals surface area contributed by atoms with Crippen molar-refractivity contribution in [1.29, 1.82) is 0 Å². The van der Waals surface area contributed by atoms with Crippen LogP contribution in [-0.4, -0.2) is 23.2 Å². The number of nitrogens with one attached hydrogen (secondary N) is 1. The van der Waals surface area contributed by atoms with Crippen molar-refractivity contribution in [3.63, 3.8) is 0 Å². The Bertz CT molecular complexity index is 389. The lowest BCUT2D eigenvalue weighted by Gasteiger charge is -2.57. The second-order valence-electron chi connectivity index (χ2n) is 8.14. The Hall–Kier alpha value is -0.570. The highest BCUT2D eigenvalue weighted by atomic mass is 16.5. The molecule has 1 heterocycles. The molecule has 1 amide bonds. The molecule has 22 heavy (non-hydrogen) atoms. The summed E-state index contributed by atoms with van der Waals surface area (Å²) in [6.45, 7) is 10.7. The zero-order valence-corrected chi connectivity index (χ0v) is 15.2. The number of hydrogen-bond acceptors (Lipinski definition) is 2. The van der Waals surface area contributed by atoms with E-state index in [0.717, 1.165) is 44.4 Å². The molecule has 0 aromatic heterocycles. The van der Waals surface area contributed by atoms with E-state index in [4.69, 9.17) is 4.74 Å². The monoisotopic (exact) mass is 309 g/mol.